The van der Waals surface area contributed by atoms with Crippen LogP contribution in [0.15, 0.2) is 156 Å². The normalized spacial score (nSPS) is 11.7. The summed E-state index contributed by atoms with van der Waals surface area (Å²) >= 11 is 1.85. The van der Waals surface area contributed by atoms with Crippen molar-refractivity contribution >= 4 is 81.3 Å². The van der Waals surface area contributed by atoms with Crippen molar-refractivity contribution in [1.29, 1.82) is 0 Å². The molecule has 0 fully saturated rings. The molecule has 0 aliphatic carbocycles. The fraction of sp³-hybridized carbons (Fsp3) is 0. The molecule has 0 radical (unpaired) electrons. The van der Waals surface area contributed by atoms with Crippen LogP contribution in [0.25, 0.3) is 64.0 Å². The van der Waals surface area contributed by atoms with Gasteiger partial charge < -0.3 is 9.32 Å². The third-order valence-electron chi connectivity index (χ3n) is 8.46. The number of furan rings is 1. The van der Waals surface area contributed by atoms with E-state index in [9.17, 15) is 0 Å². The molecule has 0 saturated heterocycles. The molecule has 0 spiro atoms. The Hall–Kier alpha value is -5.38. The highest BCUT2D eigenvalue weighted by Gasteiger charge is 2.20. The van der Waals surface area contributed by atoms with Crippen molar-refractivity contribution < 1.29 is 4.42 Å². The van der Waals surface area contributed by atoms with E-state index in [4.69, 9.17) is 4.42 Å². The average Bonchev–Trinajstić information content (AvgIpc) is 3.63. The molecule has 9 rings (SSSR count). The molecule has 0 aliphatic heterocycles. The van der Waals surface area contributed by atoms with E-state index < -0.39 is 0 Å². The summed E-state index contributed by atoms with van der Waals surface area (Å²) in [5.74, 6) is 0. The van der Waals surface area contributed by atoms with Crippen LogP contribution in [-0.4, -0.2) is 0 Å². The van der Waals surface area contributed by atoms with E-state index in [1.807, 2.05) is 23.5 Å². The van der Waals surface area contributed by atoms with Crippen LogP contribution in [0.3, 0.4) is 0 Å². The first-order valence-corrected chi connectivity index (χ1v) is 15.3. The zero-order valence-corrected chi connectivity index (χ0v) is 24.0. The lowest BCUT2D eigenvalue weighted by Crippen LogP contribution is -2.11. The van der Waals surface area contributed by atoms with Crippen molar-refractivity contribution in [1.82, 2.24) is 0 Å². The third-order valence-corrected chi connectivity index (χ3v) is 9.59. The molecule has 2 aromatic heterocycles. The van der Waals surface area contributed by atoms with Gasteiger partial charge >= 0.3 is 0 Å². The molecule has 43 heavy (non-hydrogen) atoms. The number of nitrogens with zero attached hydrogens (tertiary/aromatic N) is 1. The summed E-state index contributed by atoms with van der Waals surface area (Å²) in [6.07, 6.45) is 0. The Morgan fingerprint density at radius 1 is 0.442 bits per heavy atom. The maximum absolute atomic E-state index is 6.16. The molecule has 0 atom stereocenters. The number of hydrogen-bond donors (Lipinski definition) is 0. The van der Waals surface area contributed by atoms with Gasteiger partial charge in [-0.2, -0.15) is 0 Å². The smallest absolute Gasteiger partial charge is 0.135 e. The first-order chi connectivity index (χ1) is 21.3. The summed E-state index contributed by atoms with van der Waals surface area (Å²) in [6, 6.07) is 54.4. The summed E-state index contributed by atoms with van der Waals surface area (Å²) in [5, 5.41) is 7.31. The van der Waals surface area contributed by atoms with Gasteiger partial charge in [-0.15, -0.1) is 11.3 Å². The lowest BCUT2D eigenvalue weighted by atomic mass is 9.99. The van der Waals surface area contributed by atoms with Gasteiger partial charge in [-0.05, 0) is 59.5 Å². The number of para-hydroxylation sites is 2. The molecule has 7 aromatic carbocycles. The highest BCUT2D eigenvalue weighted by atomic mass is 32.1. The molecule has 2 nitrogen and oxygen atoms in total. The Kier molecular flexibility index (Phi) is 5.40. The van der Waals surface area contributed by atoms with Crippen LogP contribution in [0.5, 0.6) is 0 Å². The topological polar surface area (TPSA) is 16.4 Å². The maximum atomic E-state index is 6.16. The Balaban J connectivity index is 1.31. The van der Waals surface area contributed by atoms with E-state index in [-0.39, 0.29) is 0 Å². The Morgan fingerprint density at radius 2 is 1.14 bits per heavy atom. The van der Waals surface area contributed by atoms with Gasteiger partial charge in [0.15, 0.2) is 0 Å². The van der Waals surface area contributed by atoms with Crippen LogP contribution >= 0.6 is 11.3 Å². The molecule has 202 valence electrons. The quantitative estimate of drug-likeness (QED) is 0.210. The standard InChI is InChI=1S/C40H25NOS/c1-2-12-29-26(10-1)11-9-17-36(29)41(28-21-22-33-32-15-5-8-19-39(32)43-40(33)25-28)35-16-6-3-13-30(35)27-20-23-38-34(24-27)31-14-4-7-18-37(31)42-38/h1-25H. The van der Waals surface area contributed by atoms with Gasteiger partial charge in [0.2, 0.25) is 0 Å². The zero-order chi connectivity index (χ0) is 28.3. The van der Waals surface area contributed by atoms with Crippen molar-refractivity contribution in [3.63, 3.8) is 0 Å². The largest absolute Gasteiger partial charge is 0.456 e. The molecule has 0 saturated carbocycles. The summed E-state index contributed by atoms with van der Waals surface area (Å²) in [7, 11) is 0. The molecular weight excluding hydrogens is 543 g/mol. The van der Waals surface area contributed by atoms with Gasteiger partial charge in [0.1, 0.15) is 11.2 Å². The van der Waals surface area contributed by atoms with E-state index in [0.717, 1.165) is 44.6 Å². The number of hydrogen-bond acceptors (Lipinski definition) is 3. The Morgan fingerprint density at radius 3 is 2.09 bits per heavy atom. The fourth-order valence-corrected chi connectivity index (χ4v) is 7.61. The molecule has 0 amide bonds. The predicted octanol–water partition coefficient (Wildman–Crippen LogP) is 12.2. The number of fused-ring (bicyclic) bond motifs is 7. The number of benzene rings is 7. The Bertz CT molecular complexity index is 2480. The Labute approximate surface area is 252 Å². The average molecular weight is 568 g/mol. The van der Waals surface area contributed by atoms with Crippen LogP contribution in [0.4, 0.5) is 17.1 Å². The first kappa shape index (κ1) is 24.2. The van der Waals surface area contributed by atoms with E-state index in [0.29, 0.717) is 0 Å². The van der Waals surface area contributed by atoms with Crippen LogP contribution in [0, 0.1) is 0 Å². The molecule has 9 aromatic rings. The van der Waals surface area contributed by atoms with Gasteiger partial charge in [-0.1, -0.05) is 103 Å². The molecule has 2 heterocycles. The predicted molar refractivity (Wildman–Crippen MR) is 184 cm³/mol. The highest BCUT2D eigenvalue weighted by Crippen LogP contribution is 2.46. The lowest BCUT2D eigenvalue weighted by molar-refractivity contribution is 0.669. The molecule has 0 unspecified atom stereocenters. The van der Waals surface area contributed by atoms with Crippen LogP contribution < -0.4 is 4.90 Å². The minimum atomic E-state index is 0.906. The summed E-state index contributed by atoms with van der Waals surface area (Å²) in [4.78, 5) is 2.43. The second-order valence-corrected chi connectivity index (χ2v) is 12.0. The maximum Gasteiger partial charge on any atom is 0.135 e. The minimum absolute atomic E-state index is 0.906. The summed E-state index contributed by atoms with van der Waals surface area (Å²) < 4.78 is 8.76. The van der Waals surface area contributed by atoms with Crippen LogP contribution in [0.1, 0.15) is 0 Å². The molecule has 0 aliphatic rings. The van der Waals surface area contributed by atoms with E-state index in [2.05, 4.69) is 144 Å². The zero-order valence-electron chi connectivity index (χ0n) is 23.2. The van der Waals surface area contributed by atoms with Crippen molar-refractivity contribution in [3.8, 4) is 11.1 Å². The van der Waals surface area contributed by atoms with Crippen molar-refractivity contribution in [2.24, 2.45) is 0 Å². The van der Waals surface area contributed by atoms with E-state index in [1.165, 1.54) is 36.5 Å². The van der Waals surface area contributed by atoms with Gasteiger partial charge in [-0.25, -0.2) is 0 Å². The van der Waals surface area contributed by atoms with Crippen molar-refractivity contribution in [2.75, 3.05) is 4.90 Å². The van der Waals surface area contributed by atoms with Gasteiger partial charge in [0.25, 0.3) is 0 Å². The van der Waals surface area contributed by atoms with Gasteiger partial charge in [-0.3, -0.25) is 0 Å². The second-order valence-electron chi connectivity index (χ2n) is 10.9. The number of rotatable bonds is 4. The van der Waals surface area contributed by atoms with E-state index >= 15 is 0 Å². The number of thiophene rings is 1. The molecular formula is C40H25NOS. The first-order valence-electron chi connectivity index (χ1n) is 14.5. The minimum Gasteiger partial charge on any atom is -0.456 e. The SMILES string of the molecule is c1ccc(N(c2ccc3c(c2)sc2ccccc23)c2cccc3ccccc23)c(-c2ccc3oc4ccccc4c3c2)c1. The second kappa shape index (κ2) is 9.59. The van der Waals surface area contributed by atoms with Crippen LogP contribution in [-0.2, 0) is 0 Å². The summed E-state index contributed by atoms with van der Waals surface area (Å²) in [5.41, 5.74) is 7.56. The van der Waals surface area contributed by atoms with Gasteiger partial charge in [0.05, 0.1) is 11.4 Å². The number of anilines is 3. The highest BCUT2D eigenvalue weighted by molar-refractivity contribution is 7.25. The van der Waals surface area contributed by atoms with Crippen molar-refractivity contribution in [3.05, 3.63) is 152 Å². The molecule has 3 heteroatoms. The van der Waals surface area contributed by atoms with Gasteiger partial charge in [0, 0.05) is 47.6 Å². The summed E-state index contributed by atoms with van der Waals surface area (Å²) in [6.45, 7) is 0. The molecule has 0 bridgehead atoms. The van der Waals surface area contributed by atoms with E-state index in [1.54, 1.807) is 0 Å². The lowest BCUT2D eigenvalue weighted by Gasteiger charge is -2.29. The monoisotopic (exact) mass is 567 g/mol. The third kappa shape index (κ3) is 3.86. The fourth-order valence-electron chi connectivity index (χ4n) is 6.47. The van der Waals surface area contributed by atoms with Crippen LogP contribution in [0.2, 0.25) is 0 Å². The molecule has 0 N–H and O–H groups in total. The van der Waals surface area contributed by atoms with Crippen molar-refractivity contribution in [2.45, 2.75) is 0 Å².